The Kier molecular flexibility index (Phi) is 8.64. The number of methoxy groups -OCH3 is 1. The number of nitrogens with one attached hydrogen (secondary N) is 1. The standard InChI is InChI=1S/C26H28BrClN4O3S/c1-5-6-11-36-26-30-25-29-15(2)22(16(3)33)23(32(25)31-26)18-12-19(27)24(21(13-18)34-4)35-14-17-9-7-8-10-20(17)28/h7-10,12-13,23H,5-6,11,14H2,1-4H3,(H,29,30,31). The molecule has 1 N–H and O–H groups in total. The van der Waals surface area contributed by atoms with Crippen LogP contribution in [0.3, 0.4) is 0 Å². The number of fused-ring (bicyclic) bond motifs is 1. The van der Waals surface area contributed by atoms with E-state index in [1.165, 1.54) is 0 Å². The van der Waals surface area contributed by atoms with Gasteiger partial charge in [0.05, 0.1) is 11.6 Å². The van der Waals surface area contributed by atoms with Crippen molar-refractivity contribution in [2.75, 3.05) is 18.2 Å². The molecule has 0 bridgehead atoms. The summed E-state index contributed by atoms with van der Waals surface area (Å²) >= 11 is 11.6. The first-order valence-corrected chi connectivity index (χ1v) is 13.8. The van der Waals surface area contributed by atoms with Gasteiger partial charge in [0.25, 0.3) is 0 Å². The molecule has 0 saturated carbocycles. The van der Waals surface area contributed by atoms with Crippen molar-refractivity contribution in [3.8, 4) is 11.5 Å². The zero-order valence-electron chi connectivity index (χ0n) is 20.6. The van der Waals surface area contributed by atoms with E-state index in [1.807, 2.05) is 43.3 Å². The van der Waals surface area contributed by atoms with Gasteiger partial charge < -0.3 is 14.8 Å². The lowest BCUT2D eigenvalue weighted by Gasteiger charge is -2.28. The lowest BCUT2D eigenvalue weighted by atomic mass is 9.93. The van der Waals surface area contributed by atoms with Gasteiger partial charge in [0.15, 0.2) is 17.3 Å². The average Bonchev–Trinajstić information content (AvgIpc) is 3.25. The number of ether oxygens (including phenoxy) is 2. The number of benzene rings is 2. The van der Waals surface area contributed by atoms with E-state index < -0.39 is 6.04 Å². The number of carbonyl (C=O) groups is 1. The summed E-state index contributed by atoms with van der Waals surface area (Å²) in [5.41, 5.74) is 3.07. The summed E-state index contributed by atoms with van der Waals surface area (Å²) in [5.74, 6) is 2.59. The molecule has 0 amide bonds. The van der Waals surface area contributed by atoms with Crippen molar-refractivity contribution in [3.63, 3.8) is 0 Å². The third kappa shape index (κ3) is 5.58. The van der Waals surface area contributed by atoms with Crippen LogP contribution in [0, 0.1) is 0 Å². The second kappa shape index (κ2) is 11.7. The van der Waals surface area contributed by atoms with Crippen LogP contribution in [-0.2, 0) is 11.4 Å². The molecular weight excluding hydrogens is 564 g/mol. The first-order chi connectivity index (χ1) is 17.3. The normalized spacial score (nSPS) is 14.9. The smallest absolute Gasteiger partial charge is 0.227 e. The number of thioether (sulfide) groups is 1. The Bertz CT molecular complexity index is 1310. The number of unbranched alkanes of at least 4 members (excludes halogenated alkanes) is 1. The molecule has 1 aromatic heterocycles. The van der Waals surface area contributed by atoms with Crippen LogP contribution < -0.4 is 14.8 Å². The first kappa shape index (κ1) is 26.6. The summed E-state index contributed by atoms with van der Waals surface area (Å²) in [6.07, 6.45) is 2.19. The van der Waals surface area contributed by atoms with Crippen LogP contribution in [0.25, 0.3) is 0 Å². The molecule has 0 radical (unpaired) electrons. The Labute approximate surface area is 228 Å². The van der Waals surface area contributed by atoms with Crippen LogP contribution in [0.15, 0.2) is 57.3 Å². The zero-order valence-corrected chi connectivity index (χ0v) is 23.8. The number of halogens is 2. The molecule has 0 aliphatic carbocycles. The van der Waals surface area contributed by atoms with Crippen molar-refractivity contribution >= 4 is 51.0 Å². The summed E-state index contributed by atoms with van der Waals surface area (Å²) in [7, 11) is 1.59. The molecule has 1 atom stereocenters. The fourth-order valence-corrected chi connectivity index (χ4v) is 5.74. The molecule has 1 aliphatic rings. The highest BCUT2D eigenvalue weighted by molar-refractivity contribution is 9.10. The second-order valence-electron chi connectivity index (χ2n) is 8.40. The minimum absolute atomic E-state index is 0.0412. The van der Waals surface area contributed by atoms with Crippen molar-refractivity contribution in [2.24, 2.45) is 0 Å². The topological polar surface area (TPSA) is 78.3 Å². The van der Waals surface area contributed by atoms with Gasteiger partial charge in [-0.2, -0.15) is 4.98 Å². The number of rotatable bonds is 10. The van der Waals surface area contributed by atoms with Crippen molar-refractivity contribution in [3.05, 3.63) is 68.3 Å². The lowest BCUT2D eigenvalue weighted by Crippen LogP contribution is -2.28. The summed E-state index contributed by atoms with van der Waals surface area (Å²) < 4.78 is 14.3. The molecule has 36 heavy (non-hydrogen) atoms. The molecule has 1 unspecified atom stereocenters. The van der Waals surface area contributed by atoms with Crippen molar-refractivity contribution in [1.29, 1.82) is 0 Å². The van der Waals surface area contributed by atoms with Gasteiger partial charge in [-0.15, -0.1) is 5.10 Å². The van der Waals surface area contributed by atoms with Crippen LogP contribution >= 0.6 is 39.3 Å². The number of allylic oxidation sites excluding steroid dienone is 2. The van der Waals surface area contributed by atoms with Gasteiger partial charge >= 0.3 is 0 Å². The molecule has 0 fully saturated rings. The fraction of sp³-hybridized carbons (Fsp3) is 0.346. The number of anilines is 1. The van der Waals surface area contributed by atoms with Gasteiger partial charge in [0, 0.05) is 27.6 Å². The number of nitrogens with zero attached hydrogens (tertiary/aromatic N) is 3. The molecule has 4 rings (SSSR count). The molecule has 0 saturated heterocycles. The quantitative estimate of drug-likeness (QED) is 0.200. The Morgan fingerprint density at radius 3 is 2.78 bits per heavy atom. The highest BCUT2D eigenvalue weighted by Crippen LogP contribution is 2.43. The molecular formula is C26H28BrClN4O3S. The number of Topliss-reactive ketones (excluding diaryl/α,β-unsaturated/α-hetero) is 1. The van der Waals surface area contributed by atoms with E-state index in [1.54, 1.807) is 30.5 Å². The second-order valence-corrected chi connectivity index (χ2v) is 10.7. The fourth-order valence-electron chi connectivity index (χ4n) is 4.07. The zero-order chi connectivity index (χ0) is 25.8. The van der Waals surface area contributed by atoms with E-state index in [0.29, 0.717) is 37.7 Å². The van der Waals surface area contributed by atoms with Crippen LogP contribution in [0.2, 0.25) is 5.02 Å². The number of hydrogen-bond donors (Lipinski definition) is 1. The molecule has 3 aromatic rings. The third-order valence-corrected chi connectivity index (χ3v) is 7.72. The number of hydrogen-bond acceptors (Lipinski definition) is 7. The number of aromatic nitrogens is 3. The molecule has 2 heterocycles. The molecule has 10 heteroatoms. The summed E-state index contributed by atoms with van der Waals surface area (Å²) in [6.45, 7) is 5.90. The Morgan fingerprint density at radius 2 is 2.08 bits per heavy atom. The summed E-state index contributed by atoms with van der Waals surface area (Å²) in [6, 6.07) is 10.9. The van der Waals surface area contributed by atoms with E-state index >= 15 is 0 Å². The third-order valence-electron chi connectivity index (χ3n) is 5.84. The van der Waals surface area contributed by atoms with Crippen molar-refractivity contribution in [2.45, 2.75) is 51.4 Å². The monoisotopic (exact) mass is 590 g/mol. The summed E-state index contributed by atoms with van der Waals surface area (Å²) in [5, 5.41) is 9.33. The maximum absolute atomic E-state index is 12.8. The van der Waals surface area contributed by atoms with E-state index in [4.69, 9.17) is 26.2 Å². The van der Waals surface area contributed by atoms with Crippen LogP contribution in [0.1, 0.15) is 50.8 Å². The van der Waals surface area contributed by atoms with Gasteiger partial charge in [0.1, 0.15) is 12.6 Å². The number of carbonyl (C=O) groups excluding carboxylic acids is 1. The first-order valence-electron chi connectivity index (χ1n) is 11.7. The highest BCUT2D eigenvalue weighted by atomic mass is 79.9. The van der Waals surface area contributed by atoms with Crippen molar-refractivity contribution < 1.29 is 14.3 Å². The molecule has 0 spiro atoms. The predicted octanol–water partition coefficient (Wildman–Crippen LogP) is 7.05. The largest absolute Gasteiger partial charge is 0.493 e. The molecule has 7 nitrogen and oxygen atoms in total. The highest BCUT2D eigenvalue weighted by Gasteiger charge is 2.34. The van der Waals surface area contributed by atoms with Crippen molar-refractivity contribution in [1.82, 2.24) is 14.8 Å². The maximum Gasteiger partial charge on any atom is 0.227 e. The van der Waals surface area contributed by atoms with Crippen LogP contribution in [0.5, 0.6) is 11.5 Å². The van der Waals surface area contributed by atoms with Crippen LogP contribution in [0.4, 0.5) is 5.95 Å². The molecule has 190 valence electrons. The number of ketones is 1. The lowest BCUT2D eigenvalue weighted by molar-refractivity contribution is -0.114. The Balaban J connectivity index is 1.72. The minimum atomic E-state index is -0.463. The van der Waals surface area contributed by atoms with Gasteiger partial charge in [-0.05, 0) is 60.0 Å². The average molecular weight is 592 g/mol. The Morgan fingerprint density at radius 1 is 1.31 bits per heavy atom. The maximum atomic E-state index is 12.8. The van der Waals surface area contributed by atoms with Gasteiger partial charge in [-0.3, -0.25) is 4.79 Å². The van der Waals surface area contributed by atoms with Gasteiger partial charge in [-0.25, -0.2) is 4.68 Å². The van der Waals surface area contributed by atoms with E-state index in [9.17, 15) is 4.79 Å². The van der Waals surface area contributed by atoms with E-state index in [0.717, 1.165) is 35.4 Å². The summed E-state index contributed by atoms with van der Waals surface area (Å²) in [4.78, 5) is 17.4. The van der Waals surface area contributed by atoms with Gasteiger partial charge in [-0.1, -0.05) is 54.9 Å². The van der Waals surface area contributed by atoms with Gasteiger partial charge in [0.2, 0.25) is 11.1 Å². The van der Waals surface area contributed by atoms with E-state index in [2.05, 4.69) is 33.2 Å². The van der Waals surface area contributed by atoms with E-state index in [-0.39, 0.29) is 12.4 Å². The SMILES string of the molecule is CCCCSc1nc2n(n1)C(c1cc(Br)c(OCc3ccccc3Cl)c(OC)c1)C(C(C)=O)=C(C)N2. The Hall–Kier alpha value is -2.49. The molecule has 1 aliphatic heterocycles. The molecule has 2 aromatic carbocycles. The minimum Gasteiger partial charge on any atom is -0.493 e. The van der Waals surface area contributed by atoms with Crippen LogP contribution in [-0.4, -0.2) is 33.4 Å². The predicted molar refractivity (Wildman–Crippen MR) is 147 cm³/mol.